The van der Waals surface area contributed by atoms with Crippen LogP contribution in [0.4, 0.5) is 0 Å². The molecule has 0 bridgehead atoms. The van der Waals surface area contributed by atoms with Crippen LogP contribution in [0.3, 0.4) is 0 Å². The summed E-state index contributed by atoms with van der Waals surface area (Å²) in [6.07, 6.45) is -37.2. The Bertz CT molecular complexity index is 895. The molecule has 3 heterocycles. The van der Waals surface area contributed by atoms with E-state index in [-0.39, 0.29) is 6.29 Å². The number of rotatable bonds is 14. The van der Waals surface area contributed by atoms with Gasteiger partial charge in [0.05, 0.1) is 26.4 Å². The van der Waals surface area contributed by atoms with Crippen molar-refractivity contribution in [3.05, 3.63) is 0 Å². The van der Waals surface area contributed by atoms with Gasteiger partial charge in [0.2, 0.25) is 0 Å². The number of ether oxygens (including phenoxy) is 6. The molecule has 264 valence electrons. The van der Waals surface area contributed by atoms with Gasteiger partial charge in [0, 0.05) is 0 Å². The Balaban J connectivity index is 2.01. The molecule has 0 aliphatic carbocycles. The third-order valence-electron chi connectivity index (χ3n) is 7.77. The summed E-state index contributed by atoms with van der Waals surface area (Å²) in [4.78, 5) is 12.4. The molecule has 0 aromatic carbocycles. The van der Waals surface area contributed by atoms with Crippen molar-refractivity contribution in [3.63, 3.8) is 0 Å². The quantitative estimate of drug-likeness (QED) is 0.0765. The minimum atomic E-state index is -2.18. The molecule has 14 N–H and O–H groups in total. The van der Waals surface area contributed by atoms with E-state index in [1.54, 1.807) is 0 Å². The summed E-state index contributed by atoms with van der Waals surface area (Å²) in [6, 6.07) is 0. The highest BCUT2D eigenvalue weighted by Gasteiger charge is 2.52. The molecule has 3 aliphatic rings. The molecule has 21 nitrogen and oxygen atoms in total. The molecule has 3 rings (SSSR count). The van der Waals surface area contributed by atoms with E-state index in [0.29, 0.717) is 0 Å². The zero-order valence-electron chi connectivity index (χ0n) is 23.5. The van der Waals surface area contributed by atoms with Gasteiger partial charge in [-0.3, -0.25) is 0 Å². The second-order valence-electron chi connectivity index (χ2n) is 10.8. The van der Waals surface area contributed by atoms with Crippen molar-refractivity contribution in [2.24, 2.45) is 0 Å². The average Bonchev–Trinajstić information content (AvgIpc) is 3.04. The molecule has 0 amide bonds. The smallest absolute Gasteiger partial charge is 0.187 e. The predicted octanol–water partition coefficient (Wildman–Crippen LogP) is -9.91. The molecule has 3 saturated heterocycles. The van der Waals surface area contributed by atoms with Gasteiger partial charge in [-0.05, 0) is 0 Å². The summed E-state index contributed by atoms with van der Waals surface area (Å²) >= 11 is 0. The average molecular weight is 667 g/mol. The van der Waals surface area contributed by atoms with E-state index in [2.05, 4.69) is 0 Å². The highest BCUT2D eigenvalue weighted by molar-refractivity contribution is 5.57. The Hall–Kier alpha value is -1.13. The van der Waals surface area contributed by atoms with Crippen LogP contribution < -0.4 is 0 Å². The largest absolute Gasteiger partial charge is 0.394 e. The Morgan fingerprint density at radius 3 is 1.16 bits per heavy atom. The Morgan fingerprint density at radius 2 is 0.844 bits per heavy atom. The standard InChI is InChI=1S/C24H42O21/c25-1-6(30)20(44-23-18(38)15(35)12(32)8(3-27)41-23)21(45-24-19(39)16(36)13(33)9(4-28)42-24)10(5-29)43-22-17(37)14(34)11(31)7(2-26)40-22/h5-28,30-39H,1-4H2. The predicted molar refractivity (Wildman–Crippen MR) is 135 cm³/mol. The minimum absolute atomic E-state index is 0.0378. The summed E-state index contributed by atoms with van der Waals surface area (Å²) in [5, 5.41) is 142. The Kier molecular flexibility index (Phi) is 14.3. The zero-order chi connectivity index (χ0) is 33.7. The van der Waals surface area contributed by atoms with Crippen molar-refractivity contribution in [1.82, 2.24) is 0 Å². The highest BCUT2D eigenvalue weighted by atomic mass is 16.8. The summed E-state index contributed by atoms with van der Waals surface area (Å²) in [6.45, 7) is -3.90. The van der Waals surface area contributed by atoms with Crippen LogP contribution in [0.2, 0.25) is 0 Å². The summed E-state index contributed by atoms with van der Waals surface area (Å²) in [5.41, 5.74) is 0. The molecule has 3 aliphatic heterocycles. The highest BCUT2D eigenvalue weighted by Crippen LogP contribution is 2.31. The molecular formula is C24H42O21. The van der Waals surface area contributed by atoms with Crippen molar-refractivity contribution in [3.8, 4) is 0 Å². The maximum Gasteiger partial charge on any atom is 0.187 e. The van der Waals surface area contributed by atoms with E-state index < -0.39 is 143 Å². The number of carbonyl (C=O) groups excluding carboxylic acids is 1. The van der Waals surface area contributed by atoms with E-state index in [9.17, 15) is 76.3 Å². The first-order valence-corrected chi connectivity index (χ1v) is 13.9. The minimum Gasteiger partial charge on any atom is -0.394 e. The van der Waals surface area contributed by atoms with Crippen molar-refractivity contribution in [2.75, 3.05) is 26.4 Å². The van der Waals surface area contributed by atoms with E-state index >= 15 is 0 Å². The number of aliphatic hydroxyl groups is 14. The van der Waals surface area contributed by atoms with Crippen molar-refractivity contribution in [2.45, 2.75) is 117 Å². The van der Waals surface area contributed by atoms with E-state index in [0.717, 1.165) is 0 Å². The monoisotopic (exact) mass is 666 g/mol. The summed E-state index contributed by atoms with van der Waals surface area (Å²) in [5.74, 6) is 0. The normalized spacial score (nSPS) is 45.4. The second kappa shape index (κ2) is 16.8. The summed E-state index contributed by atoms with van der Waals surface area (Å²) in [7, 11) is 0. The van der Waals surface area contributed by atoms with Crippen LogP contribution >= 0.6 is 0 Å². The number of hydrogen-bond acceptors (Lipinski definition) is 21. The number of aliphatic hydroxyl groups excluding tert-OH is 14. The molecule has 0 aromatic rings. The van der Waals surface area contributed by atoms with Gasteiger partial charge in [-0.1, -0.05) is 0 Å². The lowest BCUT2D eigenvalue weighted by Gasteiger charge is -2.46. The fourth-order valence-electron chi connectivity index (χ4n) is 5.02. The molecule has 21 heteroatoms. The summed E-state index contributed by atoms with van der Waals surface area (Å²) < 4.78 is 32.5. The van der Waals surface area contributed by atoms with Crippen LogP contribution in [0.25, 0.3) is 0 Å². The van der Waals surface area contributed by atoms with Gasteiger partial charge in [0.1, 0.15) is 97.7 Å². The topological polar surface area (TPSA) is 356 Å². The van der Waals surface area contributed by atoms with Gasteiger partial charge >= 0.3 is 0 Å². The van der Waals surface area contributed by atoms with Gasteiger partial charge in [0.25, 0.3) is 0 Å². The molecule has 19 unspecified atom stereocenters. The molecule has 0 aromatic heterocycles. The first kappa shape index (κ1) is 38.3. The van der Waals surface area contributed by atoms with Crippen LogP contribution in [-0.2, 0) is 33.2 Å². The molecule has 19 atom stereocenters. The maximum atomic E-state index is 12.4. The van der Waals surface area contributed by atoms with E-state index in [1.807, 2.05) is 0 Å². The lowest BCUT2D eigenvalue weighted by molar-refractivity contribution is -0.363. The van der Waals surface area contributed by atoms with E-state index in [1.165, 1.54) is 0 Å². The molecule has 0 saturated carbocycles. The van der Waals surface area contributed by atoms with Gasteiger partial charge < -0.3 is 105 Å². The number of carbonyl (C=O) groups is 1. The first-order chi connectivity index (χ1) is 21.2. The van der Waals surface area contributed by atoms with Gasteiger partial charge in [-0.15, -0.1) is 0 Å². The maximum absolute atomic E-state index is 12.4. The lowest BCUT2D eigenvalue weighted by Crippen LogP contribution is -2.65. The number of aldehydes is 1. The van der Waals surface area contributed by atoms with E-state index in [4.69, 9.17) is 28.4 Å². The lowest BCUT2D eigenvalue weighted by atomic mass is 9.97. The third-order valence-corrected chi connectivity index (χ3v) is 7.77. The van der Waals surface area contributed by atoms with Crippen LogP contribution in [0.15, 0.2) is 0 Å². The Labute approximate surface area is 254 Å². The van der Waals surface area contributed by atoms with Crippen LogP contribution in [0.1, 0.15) is 0 Å². The van der Waals surface area contributed by atoms with Crippen LogP contribution in [0.5, 0.6) is 0 Å². The van der Waals surface area contributed by atoms with Gasteiger partial charge in [-0.2, -0.15) is 0 Å². The number of hydrogen-bond donors (Lipinski definition) is 14. The van der Waals surface area contributed by atoms with Crippen LogP contribution in [-0.4, -0.2) is 221 Å². The second-order valence-corrected chi connectivity index (χ2v) is 10.8. The fourth-order valence-corrected chi connectivity index (χ4v) is 5.02. The molecular weight excluding hydrogens is 624 g/mol. The van der Waals surface area contributed by atoms with Gasteiger partial charge in [-0.25, -0.2) is 0 Å². The molecule has 0 radical (unpaired) electrons. The first-order valence-electron chi connectivity index (χ1n) is 13.9. The Morgan fingerprint density at radius 1 is 0.511 bits per heavy atom. The molecule has 3 fully saturated rings. The molecule has 0 spiro atoms. The van der Waals surface area contributed by atoms with Crippen molar-refractivity contribution < 1.29 is 105 Å². The fraction of sp³-hybridized carbons (Fsp3) is 0.958. The zero-order valence-corrected chi connectivity index (χ0v) is 23.5. The van der Waals surface area contributed by atoms with Crippen molar-refractivity contribution in [1.29, 1.82) is 0 Å². The third kappa shape index (κ3) is 8.30. The van der Waals surface area contributed by atoms with Gasteiger partial charge in [0.15, 0.2) is 25.2 Å². The van der Waals surface area contributed by atoms with Crippen molar-refractivity contribution >= 4 is 6.29 Å². The SMILES string of the molecule is O=CC(OC1OC(CO)C(O)C(O)C1O)C(OC1OC(CO)C(O)C(O)C1O)C(OC1OC(CO)C(O)C(O)C1O)C(O)CO. The van der Waals surface area contributed by atoms with Crippen LogP contribution in [0, 0.1) is 0 Å². The molecule has 45 heavy (non-hydrogen) atoms.